The molecular weight excluding hydrogens is 236 g/mol. The van der Waals surface area contributed by atoms with E-state index in [1.165, 1.54) is 0 Å². The zero-order chi connectivity index (χ0) is 13.7. The zero-order valence-electron chi connectivity index (χ0n) is 11.0. The molecule has 0 saturated carbocycles. The largest absolute Gasteiger partial charge is 0.393 e. The van der Waals surface area contributed by atoms with Crippen LogP contribution >= 0.6 is 0 Å². The van der Waals surface area contributed by atoms with Crippen LogP contribution in [0.1, 0.15) is 34.8 Å². The highest BCUT2D eigenvalue weighted by Crippen LogP contribution is 2.12. The SMILES string of the molecule is CC(O)CCc1ccc(C(=O)c2ccccc2)cc1. The molecule has 2 heteroatoms. The van der Waals surface area contributed by atoms with Crippen molar-refractivity contribution in [3.63, 3.8) is 0 Å². The third-order valence-corrected chi connectivity index (χ3v) is 3.10. The second kappa shape index (κ2) is 6.30. The summed E-state index contributed by atoms with van der Waals surface area (Å²) in [4.78, 5) is 12.2. The number of aliphatic hydroxyl groups excluding tert-OH is 1. The Morgan fingerprint density at radius 2 is 1.58 bits per heavy atom. The highest BCUT2D eigenvalue weighted by Gasteiger charge is 2.08. The molecule has 0 spiro atoms. The normalized spacial score (nSPS) is 12.1. The first-order valence-corrected chi connectivity index (χ1v) is 6.53. The Morgan fingerprint density at radius 3 is 2.16 bits per heavy atom. The summed E-state index contributed by atoms with van der Waals surface area (Å²) in [7, 11) is 0. The molecule has 0 bridgehead atoms. The van der Waals surface area contributed by atoms with Gasteiger partial charge in [-0.25, -0.2) is 0 Å². The van der Waals surface area contributed by atoms with Crippen molar-refractivity contribution in [1.82, 2.24) is 0 Å². The number of hydrogen-bond donors (Lipinski definition) is 1. The molecule has 0 amide bonds. The molecule has 1 unspecified atom stereocenters. The van der Waals surface area contributed by atoms with E-state index in [4.69, 9.17) is 0 Å². The van der Waals surface area contributed by atoms with Crippen molar-refractivity contribution < 1.29 is 9.90 Å². The molecule has 0 fully saturated rings. The van der Waals surface area contributed by atoms with Gasteiger partial charge in [-0.2, -0.15) is 0 Å². The lowest BCUT2D eigenvalue weighted by Crippen LogP contribution is -2.03. The topological polar surface area (TPSA) is 37.3 Å². The van der Waals surface area contributed by atoms with Crippen LogP contribution in [0.25, 0.3) is 0 Å². The second-order valence-corrected chi connectivity index (χ2v) is 4.78. The van der Waals surface area contributed by atoms with Crippen LogP contribution < -0.4 is 0 Å². The number of aryl methyl sites for hydroxylation is 1. The van der Waals surface area contributed by atoms with Crippen LogP contribution in [0.4, 0.5) is 0 Å². The maximum absolute atomic E-state index is 12.2. The molecule has 0 aromatic heterocycles. The lowest BCUT2D eigenvalue weighted by molar-refractivity contribution is 0.103. The van der Waals surface area contributed by atoms with Gasteiger partial charge in [0.15, 0.2) is 5.78 Å². The molecule has 0 radical (unpaired) electrons. The van der Waals surface area contributed by atoms with Crippen molar-refractivity contribution in [3.8, 4) is 0 Å². The van der Waals surface area contributed by atoms with Gasteiger partial charge in [0.05, 0.1) is 6.10 Å². The van der Waals surface area contributed by atoms with Crippen LogP contribution in [0.5, 0.6) is 0 Å². The molecule has 98 valence electrons. The molecule has 0 saturated heterocycles. The van der Waals surface area contributed by atoms with Crippen molar-refractivity contribution >= 4 is 5.78 Å². The molecule has 2 aromatic rings. The van der Waals surface area contributed by atoms with Crippen LogP contribution in [0.15, 0.2) is 54.6 Å². The van der Waals surface area contributed by atoms with Gasteiger partial charge in [-0.05, 0) is 25.3 Å². The molecule has 1 atom stereocenters. The predicted molar refractivity (Wildman–Crippen MR) is 76.3 cm³/mol. The van der Waals surface area contributed by atoms with E-state index in [0.717, 1.165) is 18.4 Å². The summed E-state index contributed by atoms with van der Waals surface area (Å²) in [6.07, 6.45) is 1.29. The van der Waals surface area contributed by atoms with E-state index in [0.29, 0.717) is 11.1 Å². The van der Waals surface area contributed by atoms with E-state index in [-0.39, 0.29) is 11.9 Å². The highest BCUT2D eigenvalue weighted by atomic mass is 16.3. The Kier molecular flexibility index (Phi) is 4.48. The van der Waals surface area contributed by atoms with E-state index in [1.807, 2.05) is 54.6 Å². The summed E-state index contributed by atoms with van der Waals surface area (Å²) in [6, 6.07) is 16.9. The Labute approximate surface area is 113 Å². The van der Waals surface area contributed by atoms with Gasteiger partial charge in [0.1, 0.15) is 0 Å². The average Bonchev–Trinajstić information content (AvgIpc) is 2.46. The summed E-state index contributed by atoms with van der Waals surface area (Å²) in [6.45, 7) is 1.79. The van der Waals surface area contributed by atoms with Crippen molar-refractivity contribution in [2.24, 2.45) is 0 Å². The Bertz CT molecular complexity index is 527. The fourth-order valence-electron chi connectivity index (χ4n) is 1.95. The quantitative estimate of drug-likeness (QED) is 0.832. The first-order chi connectivity index (χ1) is 9.16. The van der Waals surface area contributed by atoms with Crippen molar-refractivity contribution in [2.75, 3.05) is 0 Å². The average molecular weight is 254 g/mol. The van der Waals surface area contributed by atoms with Gasteiger partial charge in [0, 0.05) is 11.1 Å². The number of carbonyl (C=O) groups excluding carboxylic acids is 1. The monoisotopic (exact) mass is 254 g/mol. The van der Waals surface area contributed by atoms with E-state index in [1.54, 1.807) is 6.92 Å². The van der Waals surface area contributed by atoms with E-state index < -0.39 is 0 Å². The predicted octanol–water partition coefficient (Wildman–Crippen LogP) is 3.23. The summed E-state index contributed by atoms with van der Waals surface area (Å²) in [5.74, 6) is 0.0441. The van der Waals surface area contributed by atoms with Gasteiger partial charge in [-0.1, -0.05) is 54.6 Å². The van der Waals surface area contributed by atoms with Crippen molar-refractivity contribution in [2.45, 2.75) is 25.9 Å². The molecule has 0 aliphatic heterocycles. The Hall–Kier alpha value is -1.93. The maximum Gasteiger partial charge on any atom is 0.193 e. The summed E-state index contributed by atoms with van der Waals surface area (Å²) >= 11 is 0. The summed E-state index contributed by atoms with van der Waals surface area (Å²) in [5, 5.41) is 9.25. The van der Waals surface area contributed by atoms with Gasteiger partial charge in [0.2, 0.25) is 0 Å². The molecule has 19 heavy (non-hydrogen) atoms. The lowest BCUT2D eigenvalue weighted by atomic mass is 10.0. The van der Waals surface area contributed by atoms with Crippen LogP contribution in [-0.4, -0.2) is 17.0 Å². The zero-order valence-corrected chi connectivity index (χ0v) is 11.0. The molecule has 2 nitrogen and oxygen atoms in total. The van der Waals surface area contributed by atoms with Gasteiger partial charge in [0.25, 0.3) is 0 Å². The number of rotatable bonds is 5. The molecule has 2 aromatic carbocycles. The molecular formula is C17H18O2. The summed E-state index contributed by atoms with van der Waals surface area (Å²) in [5.41, 5.74) is 2.55. The molecule has 0 aliphatic carbocycles. The second-order valence-electron chi connectivity index (χ2n) is 4.78. The molecule has 0 heterocycles. The molecule has 0 aliphatic rings. The minimum absolute atomic E-state index is 0.0441. The first-order valence-electron chi connectivity index (χ1n) is 6.53. The minimum atomic E-state index is -0.286. The first kappa shape index (κ1) is 13.5. The smallest absolute Gasteiger partial charge is 0.193 e. The van der Waals surface area contributed by atoms with Gasteiger partial charge in [-0.15, -0.1) is 0 Å². The lowest BCUT2D eigenvalue weighted by Gasteiger charge is -2.05. The third-order valence-electron chi connectivity index (χ3n) is 3.10. The third kappa shape index (κ3) is 3.76. The van der Waals surface area contributed by atoms with Crippen LogP contribution in [-0.2, 0) is 6.42 Å². The maximum atomic E-state index is 12.2. The standard InChI is InChI=1S/C17H18O2/c1-13(18)7-8-14-9-11-16(12-10-14)17(19)15-5-3-2-4-6-15/h2-6,9-13,18H,7-8H2,1H3. The number of ketones is 1. The number of benzene rings is 2. The van der Waals surface area contributed by atoms with E-state index in [9.17, 15) is 9.90 Å². The summed E-state index contributed by atoms with van der Waals surface area (Å²) < 4.78 is 0. The van der Waals surface area contributed by atoms with Crippen LogP contribution in [0.2, 0.25) is 0 Å². The van der Waals surface area contributed by atoms with Crippen molar-refractivity contribution in [1.29, 1.82) is 0 Å². The fourth-order valence-corrected chi connectivity index (χ4v) is 1.95. The van der Waals surface area contributed by atoms with E-state index >= 15 is 0 Å². The van der Waals surface area contributed by atoms with Crippen LogP contribution in [0, 0.1) is 0 Å². The minimum Gasteiger partial charge on any atom is -0.393 e. The van der Waals surface area contributed by atoms with Crippen LogP contribution in [0.3, 0.4) is 0 Å². The van der Waals surface area contributed by atoms with Crippen molar-refractivity contribution in [3.05, 3.63) is 71.3 Å². The van der Waals surface area contributed by atoms with Gasteiger partial charge in [-0.3, -0.25) is 4.79 Å². The molecule has 2 rings (SSSR count). The molecule has 1 N–H and O–H groups in total. The number of aliphatic hydroxyl groups is 1. The van der Waals surface area contributed by atoms with E-state index in [2.05, 4.69) is 0 Å². The Balaban J connectivity index is 2.08. The highest BCUT2D eigenvalue weighted by molar-refractivity contribution is 6.08. The Morgan fingerprint density at radius 1 is 1.00 bits per heavy atom. The van der Waals surface area contributed by atoms with Gasteiger partial charge < -0.3 is 5.11 Å². The number of carbonyl (C=O) groups is 1. The fraction of sp³-hybridized carbons (Fsp3) is 0.235. The number of hydrogen-bond acceptors (Lipinski definition) is 2. The van der Waals surface area contributed by atoms with Gasteiger partial charge >= 0.3 is 0 Å².